The first kappa shape index (κ1) is 14.2. The molecule has 110 valence electrons. The maximum Gasteiger partial charge on any atom is 0.277 e. The summed E-state index contributed by atoms with van der Waals surface area (Å²) in [7, 11) is 0. The van der Waals surface area contributed by atoms with Crippen molar-refractivity contribution in [3.8, 4) is 0 Å². The lowest BCUT2D eigenvalue weighted by atomic mass is 10.1. The van der Waals surface area contributed by atoms with E-state index in [0.717, 1.165) is 42.9 Å². The Morgan fingerprint density at radius 2 is 2.19 bits per heavy atom. The van der Waals surface area contributed by atoms with Crippen molar-refractivity contribution in [3.63, 3.8) is 0 Å². The van der Waals surface area contributed by atoms with Gasteiger partial charge in [-0.2, -0.15) is 0 Å². The molecule has 0 aliphatic carbocycles. The van der Waals surface area contributed by atoms with Crippen molar-refractivity contribution in [2.45, 2.75) is 25.7 Å². The molecular formula is C16H19N3OS. The number of benzene rings is 1. The Morgan fingerprint density at radius 1 is 1.33 bits per heavy atom. The third-order valence-electron chi connectivity index (χ3n) is 3.73. The number of amides is 1. The highest BCUT2D eigenvalue weighted by atomic mass is 32.1. The molecule has 1 aromatic heterocycles. The summed E-state index contributed by atoms with van der Waals surface area (Å²) < 4.78 is 0. The highest BCUT2D eigenvalue weighted by Crippen LogP contribution is 2.27. The number of nitrogens with two attached hydrogens (primary N) is 1. The molecule has 2 aromatic rings. The zero-order valence-electron chi connectivity index (χ0n) is 11.9. The standard InChI is InChI=1S/C16H19N3OS/c17-9-8-15-18-13(11-21-15)16(20)19-10-4-3-6-12-5-1-2-7-14(12)19/h1-2,5,7,11H,3-4,6,8-10,17H2. The molecule has 0 fully saturated rings. The third-order valence-corrected chi connectivity index (χ3v) is 4.64. The smallest absolute Gasteiger partial charge is 0.277 e. The fourth-order valence-electron chi connectivity index (χ4n) is 2.69. The van der Waals surface area contributed by atoms with E-state index in [2.05, 4.69) is 11.1 Å². The second kappa shape index (κ2) is 6.37. The van der Waals surface area contributed by atoms with Crippen LogP contribution < -0.4 is 10.6 Å². The number of nitrogens with zero attached hydrogens (tertiary/aromatic N) is 2. The number of hydrogen-bond donors (Lipinski definition) is 1. The molecule has 0 saturated heterocycles. The van der Waals surface area contributed by atoms with Crippen LogP contribution in [0.2, 0.25) is 0 Å². The predicted molar refractivity (Wildman–Crippen MR) is 85.9 cm³/mol. The minimum Gasteiger partial charge on any atom is -0.330 e. The molecule has 0 unspecified atom stereocenters. The van der Waals surface area contributed by atoms with Crippen molar-refractivity contribution in [2.24, 2.45) is 5.73 Å². The number of hydrogen-bond acceptors (Lipinski definition) is 4. The molecule has 0 atom stereocenters. The first-order chi connectivity index (χ1) is 10.3. The number of aromatic nitrogens is 1. The van der Waals surface area contributed by atoms with Crippen LogP contribution in [-0.4, -0.2) is 24.0 Å². The van der Waals surface area contributed by atoms with Gasteiger partial charge < -0.3 is 10.6 Å². The van der Waals surface area contributed by atoms with Gasteiger partial charge in [-0.05, 0) is 37.4 Å². The molecule has 1 amide bonds. The van der Waals surface area contributed by atoms with E-state index in [1.165, 1.54) is 16.9 Å². The Kier molecular flexibility index (Phi) is 4.31. The minimum atomic E-state index is 0.00358. The fraction of sp³-hybridized carbons (Fsp3) is 0.375. The maximum absolute atomic E-state index is 12.8. The van der Waals surface area contributed by atoms with Gasteiger partial charge in [0.2, 0.25) is 0 Å². The summed E-state index contributed by atoms with van der Waals surface area (Å²) in [5, 5.41) is 2.78. The summed E-state index contributed by atoms with van der Waals surface area (Å²) in [4.78, 5) is 19.1. The summed E-state index contributed by atoms with van der Waals surface area (Å²) in [6, 6.07) is 8.17. The number of carbonyl (C=O) groups excluding carboxylic acids is 1. The van der Waals surface area contributed by atoms with E-state index in [1.54, 1.807) is 0 Å². The second-order valence-electron chi connectivity index (χ2n) is 5.21. The molecule has 0 spiro atoms. The molecule has 21 heavy (non-hydrogen) atoms. The summed E-state index contributed by atoms with van der Waals surface area (Å²) in [5.74, 6) is 0.00358. The first-order valence-electron chi connectivity index (χ1n) is 7.34. The molecule has 5 heteroatoms. The average molecular weight is 301 g/mol. The number of carbonyl (C=O) groups is 1. The minimum absolute atomic E-state index is 0.00358. The van der Waals surface area contributed by atoms with Gasteiger partial charge in [0.05, 0.1) is 5.01 Å². The van der Waals surface area contributed by atoms with Gasteiger partial charge in [0.25, 0.3) is 5.91 Å². The predicted octanol–water partition coefficient (Wildman–Crippen LogP) is 2.63. The van der Waals surface area contributed by atoms with Crippen LogP contribution in [0.25, 0.3) is 0 Å². The van der Waals surface area contributed by atoms with Gasteiger partial charge in [-0.1, -0.05) is 18.2 Å². The second-order valence-corrected chi connectivity index (χ2v) is 6.15. The monoisotopic (exact) mass is 301 g/mol. The van der Waals surface area contributed by atoms with Crippen molar-refractivity contribution in [1.29, 1.82) is 0 Å². The Balaban J connectivity index is 1.89. The van der Waals surface area contributed by atoms with E-state index in [1.807, 2.05) is 28.5 Å². The normalized spacial score (nSPS) is 14.6. The number of rotatable bonds is 3. The molecule has 1 aromatic carbocycles. The molecule has 0 saturated carbocycles. The summed E-state index contributed by atoms with van der Waals surface area (Å²) in [6.45, 7) is 1.33. The molecule has 2 N–H and O–H groups in total. The average Bonchev–Trinajstić information content (AvgIpc) is 2.86. The largest absolute Gasteiger partial charge is 0.330 e. The maximum atomic E-state index is 12.8. The Morgan fingerprint density at radius 3 is 3.05 bits per heavy atom. The molecule has 1 aliphatic heterocycles. The van der Waals surface area contributed by atoms with Crippen molar-refractivity contribution in [3.05, 3.63) is 45.9 Å². The highest BCUT2D eigenvalue weighted by Gasteiger charge is 2.23. The van der Waals surface area contributed by atoms with Gasteiger partial charge in [-0.25, -0.2) is 4.98 Å². The van der Waals surface area contributed by atoms with Crippen molar-refractivity contribution < 1.29 is 4.79 Å². The Bertz CT molecular complexity index is 638. The molecule has 3 rings (SSSR count). The van der Waals surface area contributed by atoms with E-state index in [4.69, 9.17) is 5.73 Å². The molecule has 1 aliphatic rings. The highest BCUT2D eigenvalue weighted by molar-refractivity contribution is 7.09. The zero-order valence-corrected chi connectivity index (χ0v) is 12.7. The van der Waals surface area contributed by atoms with Gasteiger partial charge in [0.1, 0.15) is 5.69 Å². The van der Waals surface area contributed by atoms with E-state index in [-0.39, 0.29) is 5.91 Å². The molecule has 2 heterocycles. The van der Waals surface area contributed by atoms with Gasteiger partial charge in [0, 0.05) is 24.0 Å². The van der Waals surface area contributed by atoms with Gasteiger partial charge >= 0.3 is 0 Å². The first-order valence-corrected chi connectivity index (χ1v) is 8.22. The van der Waals surface area contributed by atoms with E-state index in [0.29, 0.717) is 12.2 Å². The summed E-state index contributed by atoms with van der Waals surface area (Å²) >= 11 is 1.51. The number of anilines is 1. The van der Waals surface area contributed by atoms with Crippen LogP contribution in [-0.2, 0) is 12.8 Å². The quantitative estimate of drug-likeness (QED) is 0.948. The zero-order chi connectivity index (χ0) is 14.7. The molecule has 0 radical (unpaired) electrons. The lowest BCUT2D eigenvalue weighted by Gasteiger charge is -2.21. The topological polar surface area (TPSA) is 59.2 Å². The van der Waals surface area contributed by atoms with Crippen LogP contribution in [0.4, 0.5) is 5.69 Å². The van der Waals surface area contributed by atoms with Crippen LogP contribution in [0, 0.1) is 0 Å². The molecule has 0 bridgehead atoms. The lowest BCUT2D eigenvalue weighted by Crippen LogP contribution is -2.32. The number of thiazole rings is 1. The Hall–Kier alpha value is -1.72. The van der Waals surface area contributed by atoms with Gasteiger partial charge in [-0.15, -0.1) is 11.3 Å². The number of para-hydroxylation sites is 1. The van der Waals surface area contributed by atoms with E-state index < -0.39 is 0 Å². The van der Waals surface area contributed by atoms with Crippen LogP contribution in [0.1, 0.15) is 33.9 Å². The van der Waals surface area contributed by atoms with Crippen LogP contribution in [0.5, 0.6) is 0 Å². The van der Waals surface area contributed by atoms with Crippen molar-refractivity contribution >= 4 is 22.9 Å². The van der Waals surface area contributed by atoms with Crippen LogP contribution in [0.3, 0.4) is 0 Å². The van der Waals surface area contributed by atoms with Gasteiger partial charge in [0.15, 0.2) is 0 Å². The lowest BCUT2D eigenvalue weighted by molar-refractivity contribution is 0.0982. The van der Waals surface area contributed by atoms with E-state index in [9.17, 15) is 4.79 Å². The fourth-order valence-corrected chi connectivity index (χ4v) is 3.48. The number of aryl methyl sites for hydroxylation is 1. The number of fused-ring (bicyclic) bond motifs is 1. The van der Waals surface area contributed by atoms with Crippen molar-refractivity contribution in [1.82, 2.24) is 4.98 Å². The molecular weight excluding hydrogens is 282 g/mol. The Labute approximate surface area is 128 Å². The summed E-state index contributed by atoms with van der Waals surface area (Å²) in [6.07, 6.45) is 3.92. The molecule has 4 nitrogen and oxygen atoms in total. The third kappa shape index (κ3) is 2.99. The van der Waals surface area contributed by atoms with Crippen molar-refractivity contribution in [2.75, 3.05) is 18.0 Å². The van der Waals surface area contributed by atoms with Crippen LogP contribution >= 0.6 is 11.3 Å². The summed E-state index contributed by atoms with van der Waals surface area (Å²) in [5.41, 5.74) is 8.37. The van der Waals surface area contributed by atoms with Crippen LogP contribution in [0.15, 0.2) is 29.6 Å². The van der Waals surface area contributed by atoms with Gasteiger partial charge in [-0.3, -0.25) is 4.79 Å². The van der Waals surface area contributed by atoms with E-state index >= 15 is 0 Å². The SMILES string of the molecule is NCCc1nc(C(=O)N2CCCCc3ccccc32)cs1.